The van der Waals surface area contributed by atoms with Crippen LogP contribution in [0.1, 0.15) is 11.1 Å². The second-order valence-corrected chi connectivity index (χ2v) is 6.08. The van der Waals surface area contributed by atoms with Crippen molar-refractivity contribution in [3.05, 3.63) is 77.4 Å². The van der Waals surface area contributed by atoms with E-state index in [2.05, 4.69) is 4.99 Å². The molecule has 1 N–H and O–H groups in total. The van der Waals surface area contributed by atoms with Crippen molar-refractivity contribution in [1.82, 2.24) is 0 Å². The molecule has 0 saturated heterocycles. The van der Waals surface area contributed by atoms with Crippen molar-refractivity contribution in [2.24, 2.45) is 4.99 Å². The molecule has 0 aromatic heterocycles. The number of hydrogen-bond acceptors (Lipinski definition) is 3. The first kappa shape index (κ1) is 14.6. The molecule has 1 aliphatic heterocycles. The van der Waals surface area contributed by atoms with Gasteiger partial charge in [-0.2, -0.15) is 0 Å². The minimum atomic E-state index is -1.26. The molecule has 124 valence electrons. The molecule has 1 heterocycles. The lowest BCUT2D eigenvalue weighted by Crippen LogP contribution is -2.08. The molecule has 0 unspecified atom stereocenters. The maximum atomic E-state index is 12.0. The molecule has 3 aromatic rings. The Morgan fingerprint density at radius 3 is 2.50 bits per heavy atom. The molecule has 1 aliphatic carbocycles. The molecule has 0 fully saturated rings. The Bertz CT molecular complexity index is 1190. The number of aliphatic carboxylic acids is 1. The van der Waals surface area contributed by atoms with Crippen molar-refractivity contribution < 1.29 is 19.4 Å². The van der Waals surface area contributed by atoms with Gasteiger partial charge >= 0.3 is 5.97 Å². The van der Waals surface area contributed by atoms with Gasteiger partial charge < -0.3 is 9.84 Å². The minimum Gasteiger partial charge on any atom is -0.477 e. The van der Waals surface area contributed by atoms with E-state index in [-0.39, 0.29) is 5.57 Å². The number of hydrogen-bond donors (Lipinski definition) is 1. The summed E-state index contributed by atoms with van der Waals surface area (Å²) in [5.74, 6) is -0.574. The van der Waals surface area contributed by atoms with Crippen LogP contribution in [-0.2, 0) is 9.59 Å². The fourth-order valence-electron chi connectivity index (χ4n) is 3.58. The largest absolute Gasteiger partial charge is 0.477 e. The molecular weight excluding hydrogens is 330 g/mol. The third-order valence-corrected chi connectivity index (χ3v) is 4.62. The molecule has 0 radical (unpaired) electrons. The summed E-state index contributed by atoms with van der Waals surface area (Å²) < 4.78 is 6.01. The standard InChI is InChI=1S/C21H11NO4/c23-20-18(21(24)25)17-13-9-10-15(26-11-5-2-1-3-6-11)12-7-4-8-14(16(12)13)19(17)22-20/h1-10H,(H,24,25). The number of ether oxygens (including phenoxy) is 1. The van der Waals surface area contributed by atoms with Crippen LogP contribution in [0.4, 0.5) is 0 Å². The van der Waals surface area contributed by atoms with Gasteiger partial charge in [0, 0.05) is 21.9 Å². The molecule has 5 nitrogen and oxygen atoms in total. The number of carbonyl (C=O) groups excluding carboxylic acids is 1. The van der Waals surface area contributed by atoms with E-state index in [1.54, 1.807) is 12.1 Å². The zero-order chi connectivity index (χ0) is 17.8. The van der Waals surface area contributed by atoms with Crippen LogP contribution >= 0.6 is 0 Å². The predicted octanol–water partition coefficient (Wildman–Crippen LogP) is 3.81. The van der Waals surface area contributed by atoms with Crippen LogP contribution in [0.5, 0.6) is 11.5 Å². The Morgan fingerprint density at radius 2 is 1.73 bits per heavy atom. The predicted molar refractivity (Wildman–Crippen MR) is 96.6 cm³/mol. The lowest BCUT2D eigenvalue weighted by atomic mass is 10.0. The van der Waals surface area contributed by atoms with Gasteiger partial charge in [0.1, 0.15) is 17.1 Å². The molecular formula is C21H11NO4. The van der Waals surface area contributed by atoms with Gasteiger partial charge in [-0.3, -0.25) is 4.79 Å². The maximum Gasteiger partial charge on any atom is 0.342 e. The summed E-state index contributed by atoms with van der Waals surface area (Å²) in [6.07, 6.45) is 0. The number of carboxylic acid groups (broad SMARTS) is 1. The Morgan fingerprint density at radius 1 is 0.923 bits per heavy atom. The van der Waals surface area contributed by atoms with Gasteiger partial charge in [-0.15, -0.1) is 0 Å². The van der Waals surface area contributed by atoms with Crippen molar-refractivity contribution in [1.29, 1.82) is 0 Å². The molecule has 0 bridgehead atoms. The van der Waals surface area contributed by atoms with Crippen LogP contribution < -0.4 is 4.74 Å². The summed E-state index contributed by atoms with van der Waals surface area (Å²) in [7, 11) is 0. The van der Waals surface area contributed by atoms with Gasteiger partial charge in [-0.1, -0.05) is 36.4 Å². The van der Waals surface area contributed by atoms with E-state index in [0.717, 1.165) is 16.3 Å². The maximum absolute atomic E-state index is 12.0. The van der Waals surface area contributed by atoms with Crippen LogP contribution in [0.25, 0.3) is 16.3 Å². The Labute approximate surface area is 147 Å². The van der Waals surface area contributed by atoms with Crippen molar-refractivity contribution in [3.63, 3.8) is 0 Å². The quantitative estimate of drug-likeness (QED) is 0.735. The number of amides is 1. The van der Waals surface area contributed by atoms with Crippen LogP contribution in [0.3, 0.4) is 0 Å². The van der Waals surface area contributed by atoms with Crippen molar-refractivity contribution in [2.45, 2.75) is 0 Å². The number of aliphatic imine (C=N–C) groups is 1. The fourth-order valence-corrected chi connectivity index (χ4v) is 3.58. The van der Waals surface area contributed by atoms with E-state index in [1.165, 1.54) is 0 Å². The number of allylic oxidation sites excluding steroid dienone is 1. The number of carbonyl (C=O) groups is 2. The summed E-state index contributed by atoms with van der Waals surface area (Å²) in [5, 5.41) is 11.2. The Balaban J connectivity index is 1.77. The highest BCUT2D eigenvalue weighted by molar-refractivity contribution is 6.53. The van der Waals surface area contributed by atoms with Crippen LogP contribution in [0, 0.1) is 0 Å². The lowest BCUT2D eigenvalue weighted by Gasteiger charge is -2.10. The van der Waals surface area contributed by atoms with Gasteiger partial charge in [0.05, 0.1) is 5.71 Å². The average Bonchev–Trinajstić information content (AvgIpc) is 3.13. The van der Waals surface area contributed by atoms with Crippen molar-refractivity contribution in [3.8, 4) is 11.5 Å². The summed E-state index contributed by atoms with van der Waals surface area (Å²) >= 11 is 0. The number of carboxylic acids is 1. The monoisotopic (exact) mass is 341 g/mol. The summed E-state index contributed by atoms with van der Waals surface area (Å²) in [5.41, 5.74) is 2.03. The zero-order valence-corrected chi connectivity index (χ0v) is 13.4. The van der Waals surface area contributed by atoms with Gasteiger partial charge in [0.25, 0.3) is 5.91 Å². The molecule has 0 spiro atoms. The first-order valence-corrected chi connectivity index (χ1v) is 8.05. The SMILES string of the molecule is O=C(O)C1=C2C(=NC1=O)c1cccc3c(Oc4ccccc4)ccc2c13. The number of rotatable bonds is 3. The molecule has 3 aromatic carbocycles. The van der Waals surface area contributed by atoms with Crippen molar-refractivity contribution >= 4 is 33.9 Å². The smallest absolute Gasteiger partial charge is 0.342 e. The summed E-state index contributed by atoms with van der Waals surface area (Å²) in [6.45, 7) is 0. The van der Waals surface area contributed by atoms with Gasteiger partial charge in [0.15, 0.2) is 0 Å². The molecule has 26 heavy (non-hydrogen) atoms. The van der Waals surface area contributed by atoms with Crippen LogP contribution in [0.2, 0.25) is 0 Å². The third-order valence-electron chi connectivity index (χ3n) is 4.62. The Kier molecular flexibility index (Phi) is 2.88. The van der Waals surface area contributed by atoms with Gasteiger partial charge in [-0.25, -0.2) is 9.79 Å². The number of nitrogens with zero attached hydrogens (tertiary/aromatic N) is 1. The highest BCUT2D eigenvalue weighted by Gasteiger charge is 2.39. The number of fused-ring (bicyclic) bond motifs is 3. The van der Waals surface area contributed by atoms with E-state index < -0.39 is 11.9 Å². The molecule has 0 saturated carbocycles. The van der Waals surface area contributed by atoms with E-state index >= 15 is 0 Å². The van der Waals surface area contributed by atoms with E-state index in [1.807, 2.05) is 48.5 Å². The number of benzene rings is 3. The highest BCUT2D eigenvalue weighted by atomic mass is 16.5. The highest BCUT2D eigenvalue weighted by Crippen LogP contribution is 2.45. The van der Waals surface area contributed by atoms with Crippen LogP contribution in [0.15, 0.2) is 71.2 Å². The Hall–Kier alpha value is -3.73. The summed E-state index contributed by atoms with van der Waals surface area (Å²) in [4.78, 5) is 27.6. The van der Waals surface area contributed by atoms with Crippen molar-refractivity contribution in [2.75, 3.05) is 0 Å². The summed E-state index contributed by atoms with van der Waals surface area (Å²) in [6, 6.07) is 18.7. The molecule has 5 rings (SSSR count). The van der Waals surface area contributed by atoms with Gasteiger partial charge in [0.2, 0.25) is 0 Å². The van der Waals surface area contributed by atoms with Crippen LogP contribution in [-0.4, -0.2) is 22.7 Å². The normalized spacial score (nSPS) is 14.6. The number of para-hydroxylation sites is 1. The van der Waals surface area contributed by atoms with E-state index in [4.69, 9.17) is 4.74 Å². The molecule has 1 amide bonds. The molecule has 5 heteroatoms. The first-order valence-electron chi connectivity index (χ1n) is 8.05. The lowest BCUT2D eigenvalue weighted by molar-refractivity contribution is -0.134. The first-order chi connectivity index (χ1) is 12.6. The van der Waals surface area contributed by atoms with E-state index in [0.29, 0.717) is 28.3 Å². The average molecular weight is 341 g/mol. The minimum absolute atomic E-state index is 0.269. The van der Waals surface area contributed by atoms with Gasteiger partial charge in [-0.05, 0) is 29.8 Å². The molecule has 2 aliphatic rings. The molecule has 0 atom stereocenters. The second kappa shape index (κ2) is 5.13. The third kappa shape index (κ3) is 1.88. The fraction of sp³-hybridized carbons (Fsp3) is 0. The topological polar surface area (TPSA) is 76.0 Å². The second-order valence-electron chi connectivity index (χ2n) is 6.08. The van der Waals surface area contributed by atoms with E-state index in [9.17, 15) is 14.7 Å². The zero-order valence-electron chi connectivity index (χ0n) is 13.4.